The van der Waals surface area contributed by atoms with Crippen LogP contribution in [0.4, 0.5) is 17.1 Å². The molecule has 19 nitrogen and oxygen atoms in total. The van der Waals surface area contributed by atoms with Crippen LogP contribution in [0.15, 0.2) is 109 Å². The van der Waals surface area contributed by atoms with E-state index in [2.05, 4.69) is 10.6 Å². The molecule has 0 fully saturated rings. The summed E-state index contributed by atoms with van der Waals surface area (Å²) >= 11 is 0. The number of aryl methyl sites for hydroxylation is 2. The second-order valence-corrected chi connectivity index (χ2v) is 19.0. The van der Waals surface area contributed by atoms with E-state index in [0.29, 0.717) is 33.9 Å². The van der Waals surface area contributed by atoms with Gasteiger partial charge in [0.2, 0.25) is 51.7 Å². The summed E-state index contributed by atoms with van der Waals surface area (Å²) in [5, 5.41) is 39.6. The maximum absolute atomic E-state index is 13.5. The number of methoxy groups -OCH3 is 1. The highest BCUT2D eigenvalue weighted by molar-refractivity contribution is 6.17. The third kappa shape index (κ3) is 6.37. The molecule has 386 valence electrons. The molecule has 0 radical (unpaired) electrons. The molecular weight excluding hydrogens is 965 g/mol. The van der Waals surface area contributed by atoms with Crippen molar-refractivity contribution in [2.75, 3.05) is 31.4 Å². The fourth-order valence-corrected chi connectivity index (χ4v) is 11.5. The van der Waals surface area contributed by atoms with Crippen molar-refractivity contribution < 1.29 is 63.0 Å². The van der Waals surface area contributed by atoms with Crippen LogP contribution in [-0.4, -0.2) is 69.4 Å². The lowest BCUT2D eigenvalue weighted by Gasteiger charge is -2.40. The summed E-state index contributed by atoms with van der Waals surface area (Å²) in [4.78, 5) is 77.4. The van der Waals surface area contributed by atoms with Gasteiger partial charge in [0.15, 0.2) is 0 Å². The second-order valence-electron chi connectivity index (χ2n) is 19.0. The first-order valence-electron chi connectivity index (χ1n) is 23.2. The first-order valence-corrected chi connectivity index (χ1v) is 23.2. The number of rotatable bonds is 4. The molecule has 0 spiro atoms. The predicted octanol–water partition coefficient (Wildman–Crippen LogP) is 4.71. The van der Waals surface area contributed by atoms with Crippen LogP contribution in [0, 0.1) is 13.8 Å². The number of aliphatic hydroxyl groups is 3. The van der Waals surface area contributed by atoms with Crippen molar-refractivity contribution in [3.8, 4) is 23.0 Å². The van der Waals surface area contributed by atoms with Gasteiger partial charge in [-0.2, -0.15) is 0 Å². The molecule has 2 unspecified atom stereocenters. The Morgan fingerprint density at radius 3 is 1.47 bits per heavy atom. The summed E-state index contributed by atoms with van der Waals surface area (Å²) in [7, 11) is 2.99. The van der Waals surface area contributed by atoms with Crippen molar-refractivity contribution in [1.82, 2.24) is 15.5 Å². The molecule has 6 aromatic carbocycles. The number of hydrogen-bond donors (Lipinski definition) is 8. The summed E-state index contributed by atoms with van der Waals surface area (Å²) in [6, 6.07) is 29.8. The van der Waals surface area contributed by atoms with E-state index in [0.717, 1.165) is 11.1 Å². The number of amides is 3. The van der Waals surface area contributed by atoms with Gasteiger partial charge in [-0.15, -0.1) is 0 Å². The monoisotopic (exact) mass is 1020 g/mol. The molecule has 3 aliphatic carbocycles. The quantitative estimate of drug-likeness (QED) is 0.111. The van der Waals surface area contributed by atoms with Gasteiger partial charge in [0.25, 0.3) is 17.4 Å². The van der Waals surface area contributed by atoms with E-state index in [4.69, 9.17) is 36.1 Å². The number of hydrogen-bond acceptors (Lipinski definition) is 16. The van der Waals surface area contributed by atoms with Crippen LogP contribution in [0.1, 0.15) is 104 Å². The van der Waals surface area contributed by atoms with Crippen LogP contribution >= 0.6 is 0 Å². The molecule has 3 heterocycles. The number of ether oxygens (including phenoxy) is 4. The van der Waals surface area contributed by atoms with Crippen molar-refractivity contribution in [3.63, 3.8) is 0 Å². The lowest BCUT2D eigenvalue weighted by molar-refractivity contribution is -0.201. The normalized spacial score (nSPS) is 25.6. The van der Waals surface area contributed by atoms with Crippen LogP contribution in [0.3, 0.4) is 0 Å². The van der Waals surface area contributed by atoms with Gasteiger partial charge in [-0.1, -0.05) is 67.6 Å². The summed E-state index contributed by atoms with van der Waals surface area (Å²) in [5.41, 5.74) is 17.7. The first kappa shape index (κ1) is 51.1. The number of nitrogens with one attached hydrogen (secondary N) is 2. The third-order valence-electron chi connectivity index (χ3n) is 14.7. The Morgan fingerprint density at radius 2 is 0.960 bits per heavy atom. The summed E-state index contributed by atoms with van der Waals surface area (Å²) < 4.78 is 22.7. The largest absolute Gasteiger partial charge is 0.497 e. The van der Waals surface area contributed by atoms with Crippen LogP contribution < -0.4 is 46.8 Å². The zero-order chi connectivity index (χ0) is 53.4. The van der Waals surface area contributed by atoms with E-state index in [1.807, 2.05) is 26.0 Å². The van der Waals surface area contributed by atoms with E-state index in [1.54, 1.807) is 97.1 Å². The van der Waals surface area contributed by atoms with Crippen molar-refractivity contribution in [2.24, 2.45) is 0 Å². The Bertz CT molecular complexity index is 3550. The van der Waals surface area contributed by atoms with E-state index in [1.165, 1.54) is 39.8 Å². The molecule has 3 aliphatic heterocycles. The Labute approximate surface area is 430 Å². The molecular formula is C56H54N6O13. The number of benzene rings is 6. The SMILES string of the molecule is C.CC(=O)N(C)C12C(=O)c3c(N)cccc3C1(O)Oc1cc(C)ccc12.CC(=O)N[C@]12C(=O)c3c(N)cccc3[C@@]1(O)Oc1ccc(C)cc12.COc1ccc2c(c1)O[C@]1(O)c3cccc(N)c3C(=O)[C@]21NC(C)=O. The number of carbonyl (C=O) groups is 6. The average molecular weight is 1020 g/mol. The van der Waals surface area contributed by atoms with Gasteiger partial charge in [-0.05, 0) is 67.9 Å². The van der Waals surface area contributed by atoms with Crippen molar-refractivity contribution >= 4 is 52.1 Å². The molecule has 6 aliphatic rings. The highest BCUT2D eigenvalue weighted by Crippen LogP contribution is 2.63. The molecule has 19 heteroatoms. The number of nitrogens with zero attached hydrogens (tertiary/aromatic N) is 1. The van der Waals surface area contributed by atoms with E-state index in [9.17, 15) is 44.1 Å². The number of carbonyl (C=O) groups excluding carboxylic acids is 6. The fraction of sp³-hybridized carbons (Fsp3) is 0.250. The smallest absolute Gasteiger partial charge is 0.271 e. The van der Waals surface area contributed by atoms with Crippen LogP contribution in [0.25, 0.3) is 0 Å². The highest BCUT2D eigenvalue weighted by atomic mass is 16.6. The van der Waals surface area contributed by atoms with Crippen LogP contribution in [0.5, 0.6) is 23.0 Å². The highest BCUT2D eigenvalue weighted by Gasteiger charge is 2.75. The Morgan fingerprint density at radius 1 is 0.533 bits per heavy atom. The van der Waals surface area contributed by atoms with E-state index in [-0.39, 0.29) is 69.5 Å². The molecule has 0 saturated heterocycles. The summed E-state index contributed by atoms with van der Waals surface area (Å²) in [5.74, 6) is -7.36. The van der Waals surface area contributed by atoms with Crippen LogP contribution in [-0.2, 0) is 48.4 Å². The number of nitrogen functional groups attached to an aromatic ring is 3. The lowest BCUT2D eigenvalue weighted by Crippen LogP contribution is -2.60. The third-order valence-corrected chi connectivity index (χ3v) is 14.7. The predicted molar refractivity (Wildman–Crippen MR) is 272 cm³/mol. The Hall–Kier alpha value is -8.78. The van der Waals surface area contributed by atoms with Crippen LogP contribution in [0.2, 0.25) is 0 Å². The molecule has 6 atom stereocenters. The molecule has 0 bridgehead atoms. The number of likely N-dealkylation sites (N-methyl/N-ethyl adjacent to an activating group) is 1. The standard InChI is InChI=1S/C19H18N2O4.C18H16N2O5.C18H16N2O4.CH4/c1-10-7-8-12-15(9-10)25-19(24)13-5-4-6-14(20)16(13)17(23)18(12,19)21(3)11(2)22;1-9(21)20-17-11-7-6-10(24-2)8-14(11)25-18(17,23)12-4-3-5-13(19)15(12)16(17)22;1-9-6-7-14-12(8-9)17(20-10(2)21)16(22)15-11(18(17,23)24-14)4-3-5-13(15)19;/h4-9,24H,20H2,1-3H3;3-8,23H,19H2,1-2H3,(H,20,21);3-8,23H,19H2,1-2H3,(H,20,21);1H4/t;2*17-,18-;/m.11./s1. The van der Waals surface area contributed by atoms with Gasteiger partial charge < -0.3 is 67.0 Å². The van der Waals surface area contributed by atoms with Gasteiger partial charge in [0.05, 0.1) is 23.8 Å². The molecule has 75 heavy (non-hydrogen) atoms. The maximum Gasteiger partial charge on any atom is 0.271 e. The molecule has 12 rings (SSSR count). The minimum absolute atomic E-state index is 0. The zero-order valence-electron chi connectivity index (χ0n) is 41.0. The van der Waals surface area contributed by atoms with Crippen molar-refractivity contribution in [1.29, 1.82) is 0 Å². The average Bonchev–Trinajstić information content (AvgIpc) is 4.05. The Balaban J connectivity index is 0.000000137. The summed E-state index contributed by atoms with van der Waals surface area (Å²) in [6.45, 7) is 7.66. The lowest BCUT2D eigenvalue weighted by atomic mass is 9.81. The number of Topliss-reactive ketones (excluding diaryl/α,β-unsaturated/α-hetero) is 3. The Kier molecular flexibility index (Phi) is 11.5. The molecule has 3 amide bonds. The molecule has 11 N–H and O–H groups in total. The molecule has 0 saturated carbocycles. The zero-order valence-corrected chi connectivity index (χ0v) is 41.0. The van der Waals surface area contributed by atoms with Crippen molar-refractivity contribution in [2.45, 2.75) is 76.0 Å². The molecule has 0 aromatic heterocycles. The van der Waals surface area contributed by atoms with Gasteiger partial charge in [0, 0.05) is 84.3 Å². The number of ketones is 3. The first-order chi connectivity index (χ1) is 34.9. The van der Waals surface area contributed by atoms with E-state index < -0.39 is 63.1 Å². The minimum atomic E-state index is -2.09. The van der Waals surface area contributed by atoms with E-state index >= 15 is 0 Å². The van der Waals surface area contributed by atoms with Gasteiger partial charge >= 0.3 is 0 Å². The van der Waals surface area contributed by atoms with Gasteiger partial charge in [-0.3, -0.25) is 28.8 Å². The summed E-state index contributed by atoms with van der Waals surface area (Å²) in [6.07, 6.45) is 0. The second kappa shape index (κ2) is 16.9. The minimum Gasteiger partial charge on any atom is -0.497 e. The fourth-order valence-electron chi connectivity index (χ4n) is 11.5. The topological polar surface area (TPSA) is 305 Å². The number of nitrogens with two attached hydrogens (primary N) is 3. The van der Waals surface area contributed by atoms with Crippen molar-refractivity contribution in [3.05, 3.63) is 170 Å². The van der Waals surface area contributed by atoms with Gasteiger partial charge in [0.1, 0.15) is 23.0 Å². The van der Waals surface area contributed by atoms with Gasteiger partial charge in [-0.25, -0.2) is 0 Å². The molecule has 6 aromatic rings. The maximum atomic E-state index is 13.5. The number of fused-ring (bicyclic) bond motifs is 15. The number of anilines is 3.